The largest absolute Gasteiger partial charge is 0.273 e. The van der Waals surface area contributed by atoms with Crippen molar-refractivity contribution in [1.29, 1.82) is 0 Å². The summed E-state index contributed by atoms with van der Waals surface area (Å²) in [7, 11) is 0. The SMILES string of the molecule is C=N/C=C\Cc1ccc(C)cc1F. The van der Waals surface area contributed by atoms with E-state index < -0.39 is 0 Å². The highest BCUT2D eigenvalue weighted by Crippen LogP contribution is 2.10. The molecule has 0 N–H and O–H groups in total. The first kappa shape index (κ1) is 9.65. The number of hydrogen-bond donors (Lipinski definition) is 0. The van der Waals surface area contributed by atoms with Crippen molar-refractivity contribution in [1.82, 2.24) is 0 Å². The molecular formula is C11H12FN. The lowest BCUT2D eigenvalue weighted by Crippen LogP contribution is -1.88. The third kappa shape index (κ3) is 2.82. The second-order valence-electron chi connectivity index (χ2n) is 2.87. The summed E-state index contributed by atoms with van der Waals surface area (Å²) in [5, 5.41) is 0. The molecule has 0 aliphatic heterocycles. The van der Waals surface area contributed by atoms with Crippen LogP contribution in [0.3, 0.4) is 0 Å². The molecule has 68 valence electrons. The van der Waals surface area contributed by atoms with E-state index >= 15 is 0 Å². The summed E-state index contributed by atoms with van der Waals surface area (Å²) in [6.45, 7) is 5.17. The van der Waals surface area contributed by atoms with E-state index in [2.05, 4.69) is 11.7 Å². The van der Waals surface area contributed by atoms with Gasteiger partial charge in [-0.2, -0.15) is 0 Å². The van der Waals surface area contributed by atoms with Gasteiger partial charge in [-0.05, 0) is 37.3 Å². The maximum absolute atomic E-state index is 13.2. The molecule has 1 aromatic rings. The number of aryl methyl sites for hydroxylation is 1. The van der Waals surface area contributed by atoms with Crippen molar-refractivity contribution in [2.45, 2.75) is 13.3 Å². The molecule has 0 aliphatic rings. The molecule has 0 atom stereocenters. The van der Waals surface area contributed by atoms with E-state index in [9.17, 15) is 4.39 Å². The van der Waals surface area contributed by atoms with Gasteiger partial charge in [-0.3, -0.25) is 4.99 Å². The molecule has 0 unspecified atom stereocenters. The van der Waals surface area contributed by atoms with E-state index in [0.717, 1.165) is 5.56 Å². The van der Waals surface area contributed by atoms with Crippen LogP contribution in [0, 0.1) is 12.7 Å². The number of hydrogen-bond acceptors (Lipinski definition) is 1. The van der Waals surface area contributed by atoms with Gasteiger partial charge in [-0.1, -0.05) is 18.2 Å². The first-order valence-electron chi connectivity index (χ1n) is 4.10. The van der Waals surface area contributed by atoms with E-state index in [-0.39, 0.29) is 5.82 Å². The zero-order valence-corrected chi connectivity index (χ0v) is 7.63. The van der Waals surface area contributed by atoms with Crippen molar-refractivity contribution in [2.24, 2.45) is 4.99 Å². The fraction of sp³-hybridized carbons (Fsp3) is 0.182. The van der Waals surface area contributed by atoms with Gasteiger partial charge in [0, 0.05) is 6.20 Å². The summed E-state index contributed by atoms with van der Waals surface area (Å²) < 4.78 is 13.2. The minimum absolute atomic E-state index is 0.159. The predicted octanol–water partition coefficient (Wildman–Crippen LogP) is 2.89. The molecular weight excluding hydrogens is 165 g/mol. The molecule has 1 nitrogen and oxygen atoms in total. The van der Waals surface area contributed by atoms with Gasteiger partial charge in [-0.15, -0.1) is 0 Å². The van der Waals surface area contributed by atoms with E-state index in [1.165, 1.54) is 6.07 Å². The Hall–Kier alpha value is -1.44. The minimum Gasteiger partial charge on any atom is -0.273 e. The van der Waals surface area contributed by atoms with Gasteiger partial charge in [0.2, 0.25) is 0 Å². The highest BCUT2D eigenvalue weighted by Gasteiger charge is 1.98. The van der Waals surface area contributed by atoms with Gasteiger partial charge >= 0.3 is 0 Å². The van der Waals surface area contributed by atoms with E-state index in [0.29, 0.717) is 12.0 Å². The van der Waals surface area contributed by atoms with Crippen LogP contribution < -0.4 is 0 Å². The van der Waals surface area contributed by atoms with Gasteiger partial charge in [0.25, 0.3) is 0 Å². The number of benzene rings is 1. The lowest BCUT2D eigenvalue weighted by Gasteiger charge is -1.99. The molecule has 1 rings (SSSR count). The van der Waals surface area contributed by atoms with Crippen molar-refractivity contribution >= 4 is 6.72 Å². The Morgan fingerprint density at radius 3 is 2.92 bits per heavy atom. The standard InChI is InChI=1S/C11H12FN/c1-9-5-6-10(11(12)8-9)4-3-7-13-2/h3,5-8H,2,4H2,1H3/b7-3-. The van der Waals surface area contributed by atoms with E-state index in [4.69, 9.17) is 0 Å². The van der Waals surface area contributed by atoms with Crippen LogP contribution in [0.2, 0.25) is 0 Å². The monoisotopic (exact) mass is 177 g/mol. The van der Waals surface area contributed by atoms with Crippen molar-refractivity contribution < 1.29 is 4.39 Å². The van der Waals surface area contributed by atoms with Crippen LogP contribution in [0.4, 0.5) is 4.39 Å². The normalized spacial score (nSPS) is 10.6. The number of allylic oxidation sites excluding steroid dienone is 1. The van der Waals surface area contributed by atoms with Crippen LogP contribution in [-0.2, 0) is 6.42 Å². The van der Waals surface area contributed by atoms with Crippen molar-refractivity contribution in [3.05, 3.63) is 47.4 Å². The summed E-state index contributed by atoms with van der Waals surface area (Å²) in [4.78, 5) is 3.54. The van der Waals surface area contributed by atoms with Gasteiger partial charge in [0.05, 0.1) is 0 Å². The third-order valence-corrected chi connectivity index (χ3v) is 1.76. The fourth-order valence-electron chi connectivity index (χ4n) is 1.07. The van der Waals surface area contributed by atoms with Crippen LogP contribution in [0.1, 0.15) is 11.1 Å². The number of rotatable bonds is 3. The fourth-order valence-corrected chi connectivity index (χ4v) is 1.07. The van der Waals surface area contributed by atoms with Gasteiger partial charge in [0.1, 0.15) is 5.82 Å². The molecule has 0 saturated carbocycles. The van der Waals surface area contributed by atoms with Crippen LogP contribution >= 0.6 is 0 Å². The molecule has 0 aromatic heterocycles. The molecule has 0 saturated heterocycles. The van der Waals surface area contributed by atoms with Gasteiger partial charge in [-0.25, -0.2) is 4.39 Å². The lowest BCUT2D eigenvalue weighted by atomic mass is 10.1. The Bertz CT molecular complexity index is 329. The van der Waals surface area contributed by atoms with Crippen molar-refractivity contribution in [3.63, 3.8) is 0 Å². The highest BCUT2D eigenvalue weighted by molar-refractivity contribution is 5.27. The zero-order chi connectivity index (χ0) is 9.68. The molecule has 0 radical (unpaired) electrons. The second-order valence-corrected chi connectivity index (χ2v) is 2.87. The minimum atomic E-state index is -0.159. The second kappa shape index (κ2) is 4.55. The number of halogens is 1. The van der Waals surface area contributed by atoms with Gasteiger partial charge < -0.3 is 0 Å². The topological polar surface area (TPSA) is 12.4 Å². The average Bonchev–Trinajstić information content (AvgIpc) is 2.09. The summed E-state index contributed by atoms with van der Waals surface area (Å²) in [5.41, 5.74) is 1.62. The number of aliphatic imine (C=N–C) groups is 1. The molecule has 0 fully saturated rings. The third-order valence-electron chi connectivity index (χ3n) is 1.76. The van der Waals surface area contributed by atoms with Crippen LogP contribution in [0.25, 0.3) is 0 Å². The van der Waals surface area contributed by atoms with Crippen molar-refractivity contribution in [3.8, 4) is 0 Å². The number of nitrogens with zero attached hydrogens (tertiary/aromatic N) is 1. The molecule has 0 amide bonds. The van der Waals surface area contributed by atoms with Crippen LogP contribution in [-0.4, -0.2) is 6.72 Å². The Kier molecular flexibility index (Phi) is 3.38. The maximum Gasteiger partial charge on any atom is 0.126 e. The highest BCUT2D eigenvalue weighted by atomic mass is 19.1. The zero-order valence-electron chi connectivity index (χ0n) is 7.63. The summed E-state index contributed by atoms with van der Waals surface area (Å²) in [6.07, 6.45) is 3.91. The molecule has 0 aliphatic carbocycles. The molecule has 13 heavy (non-hydrogen) atoms. The summed E-state index contributed by atoms with van der Waals surface area (Å²) in [5.74, 6) is -0.159. The molecule has 0 spiro atoms. The quantitative estimate of drug-likeness (QED) is 0.629. The first-order chi connectivity index (χ1) is 6.24. The van der Waals surface area contributed by atoms with Crippen molar-refractivity contribution in [2.75, 3.05) is 0 Å². The smallest absolute Gasteiger partial charge is 0.126 e. The molecule has 2 heteroatoms. The Morgan fingerprint density at radius 2 is 2.31 bits per heavy atom. The average molecular weight is 177 g/mol. The maximum atomic E-state index is 13.2. The molecule has 0 heterocycles. The van der Waals surface area contributed by atoms with Gasteiger partial charge in [0.15, 0.2) is 0 Å². The van der Waals surface area contributed by atoms with Crippen LogP contribution in [0.5, 0.6) is 0 Å². The Morgan fingerprint density at radius 1 is 1.54 bits per heavy atom. The predicted molar refractivity (Wildman–Crippen MR) is 53.5 cm³/mol. The molecule has 1 aromatic carbocycles. The lowest BCUT2D eigenvalue weighted by molar-refractivity contribution is 0.613. The Balaban J connectivity index is 2.77. The summed E-state index contributed by atoms with van der Waals surface area (Å²) in [6, 6.07) is 5.22. The van der Waals surface area contributed by atoms with E-state index in [1.54, 1.807) is 18.3 Å². The first-order valence-corrected chi connectivity index (χ1v) is 4.10. The molecule has 0 bridgehead atoms. The summed E-state index contributed by atoms with van der Waals surface area (Å²) >= 11 is 0. The van der Waals surface area contributed by atoms with Crippen LogP contribution in [0.15, 0.2) is 35.5 Å². The van der Waals surface area contributed by atoms with E-state index in [1.807, 2.05) is 13.0 Å². The Labute approximate surface area is 77.6 Å².